The van der Waals surface area contributed by atoms with Crippen LogP contribution in [0.25, 0.3) is 33.9 Å². The van der Waals surface area contributed by atoms with E-state index < -0.39 is 0 Å². The van der Waals surface area contributed by atoms with Gasteiger partial charge in [0.05, 0.1) is 14.2 Å². The van der Waals surface area contributed by atoms with E-state index in [4.69, 9.17) is 18.3 Å². The Bertz CT molecular complexity index is 1440. The molecule has 0 fully saturated rings. The number of anilines is 1. The van der Waals surface area contributed by atoms with Gasteiger partial charge in [0.15, 0.2) is 22.8 Å². The average Bonchev–Trinajstić information content (AvgIpc) is 3.51. The Labute approximate surface area is 189 Å². The molecule has 0 saturated heterocycles. The van der Waals surface area contributed by atoms with Crippen molar-refractivity contribution < 1.29 is 23.1 Å². The SMILES string of the molecule is COc1ccc(-c2nc3cc(NC(=O)c4ccc(-c5ccccc5)o4)ccc3o2)cc1OC. The number of furan rings is 1. The van der Waals surface area contributed by atoms with Gasteiger partial charge in [-0.3, -0.25) is 4.79 Å². The smallest absolute Gasteiger partial charge is 0.291 e. The summed E-state index contributed by atoms with van der Waals surface area (Å²) in [4.78, 5) is 17.2. The summed E-state index contributed by atoms with van der Waals surface area (Å²) < 4.78 is 22.2. The standard InChI is InChI=1S/C26H20N2O5/c1-30-22-10-8-17(14-24(22)31-2)26-28-19-15-18(9-11-21(19)33-26)27-25(29)23-13-12-20(32-23)16-6-4-3-5-7-16/h3-15H,1-2H3,(H,27,29). The van der Waals surface area contributed by atoms with Crippen molar-refractivity contribution in [1.82, 2.24) is 4.98 Å². The Morgan fingerprint density at radius 1 is 0.818 bits per heavy atom. The van der Waals surface area contributed by atoms with E-state index in [9.17, 15) is 4.79 Å². The number of amides is 1. The number of ether oxygens (including phenoxy) is 2. The van der Waals surface area contributed by atoms with E-state index in [1.54, 1.807) is 56.7 Å². The number of oxazole rings is 1. The highest BCUT2D eigenvalue weighted by molar-refractivity contribution is 6.03. The van der Waals surface area contributed by atoms with Gasteiger partial charge in [-0.2, -0.15) is 0 Å². The molecule has 0 radical (unpaired) electrons. The number of nitrogens with zero attached hydrogens (tertiary/aromatic N) is 1. The second-order valence-electron chi connectivity index (χ2n) is 7.26. The molecule has 0 atom stereocenters. The van der Waals surface area contributed by atoms with Crippen molar-refractivity contribution >= 4 is 22.7 Å². The van der Waals surface area contributed by atoms with E-state index in [0.717, 1.165) is 11.1 Å². The van der Waals surface area contributed by atoms with Gasteiger partial charge in [-0.1, -0.05) is 30.3 Å². The Morgan fingerprint density at radius 3 is 2.42 bits per heavy atom. The minimum absolute atomic E-state index is 0.222. The molecule has 5 rings (SSSR count). The van der Waals surface area contributed by atoms with Crippen LogP contribution in [-0.4, -0.2) is 25.1 Å². The van der Waals surface area contributed by atoms with Crippen LogP contribution in [0.15, 0.2) is 87.7 Å². The summed E-state index contributed by atoms with van der Waals surface area (Å²) in [7, 11) is 3.16. The van der Waals surface area contributed by atoms with Gasteiger partial charge >= 0.3 is 0 Å². The molecule has 0 aliphatic rings. The lowest BCUT2D eigenvalue weighted by Crippen LogP contribution is -2.10. The van der Waals surface area contributed by atoms with Crippen molar-refractivity contribution in [3.63, 3.8) is 0 Å². The summed E-state index contributed by atoms with van der Waals surface area (Å²) in [5.74, 6) is 2.15. The first-order valence-corrected chi connectivity index (χ1v) is 10.2. The van der Waals surface area contributed by atoms with Crippen LogP contribution in [0.4, 0.5) is 5.69 Å². The van der Waals surface area contributed by atoms with E-state index in [0.29, 0.717) is 39.9 Å². The van der Waals surface area contributed by atoms with Crippen molar-refractivity contribution in [1.29, 1.82) is 0 Å². The molecule has 2 aromatic heterocycles. The first kappa shape index (κ1) is 20.4. The molecule has 0 aliphatic heterocycles. The van der Waals surface area contributed by atoms with E-state index in [2.05, 4.69) is 10.3 Å². The number of methoxy groups -OCH3 is 2. The van der Waals surface area contributed by atoms with Crippen LogP contribution in [0.3, 0.4) is 0 Å². The van der Waals surface area contributed by atoms with Crippen molar-refractivity contribution in [2.24, 2.45) is 0 Å². The summed E-state index contributed by atoms with van der Waals surface area (Å²) in [6.07, 6.45) is 0. The number of hydrogen-bond donors (Lipinski definition) is 1. The highest BCUT2D eigenvalue weighted by atomic mass is 16.5. The van der Waals surface area contributed by atoms with Gasteiger partial charge in [-0.05, 0) is 48.5 Å². The second kappa shape index (κ2) is 8.55. The fraction of sp³-hybridized carbons (Fsp3) is 0.0769. The lowest BCUT2D eigenvalue weighted by Gasteiger charge is -2.07. The lowest BCUT2D eigenvalue weighted by atomic mass is 10.2. The minimum Gasteiger partial charge on any atom is -0.493 e. The maximum atomic E-state index is 12.7. The Morgan fingerprint density at radius 2 is 1.64 bits per heavy atom. The first-order valence-electron chi connectivity index (χ1n) is 10.2. The van der Waals surface area contributed by atoms with Gasteiger partial charge in [0.2, 0.25) is 5.89 Å². The topological polar surface area (TPSA) is 86.7 Å². The van der Waals surface area contributed by atoms with Crippen molar-refractivity contribution in [3.8, 4) is 34.3 Å². The molecule has 1 amide bonds. The van der Waals surface area contributed by atoms with Crippen LogP contribution >= 0.6 is 0 Å². The predicted octanol–water partition coefficient (Wildman–Crippen LogP) is 6.02. The van der Waals surface area contributed by atoms with E-state index in [1.165, 1.54) is 0 Å². The highest BCUT2D eigenvalue weighted by Gasteiger charge is 2.15. The molecule has 33 heavy (non-hydrogen) atoms. The number of fused-ring (bicyclic) bond motifs is 1. The average molecular weight is 440 g/mol. The fourth-order valence-electron chi connectivity index (χ4n) is 3.51. The largest absolute Gasteiger partial charge is 0.493 e. The Hall–Kier alpha value is -4.52. The zero-order valence-electron chi connectivity index (χ0n) is 18.0. The Kier molecular flexibility index (Phi) is 5.28. The number of aromatic nitrogens is 1. The van der Waals surface area contributed by atoms with Crippen LogP contribution in [0.5, 0.6) is 11.5 Å². The third-order valence-corrected chi connectivity index (χ3v) is 5.16. The number of rotatable bonds is 6. The Balaban J connectivity index is 1.37. The number of nitrogens with one attached hydrogen (secondary N) is 1. The third kappa shape index (κ3) is 4.04. The minimum atomic E-state index is -0.347. The van der Waals surface area contributed by atoms with Crippen molar-refractivity contribution in [3.05, 3.63) is 84.6 Å². The van der Waals surface area contributed by atoms with E-state index in [-0.39, 0.29) is 11.7 Å². The second-order valence-corrected chi connectivity index (χ2v) is 7.26. The zero-order valence-corrected chi connectivity index (χ0v) is 18.0. The summed E-state index contributed by atoms with van der Waals surface area (Å²) >= 11 is 0. The lowest BCUT2D eigenvalue weighted by molar-refractivity contribution is 0.0997. The predicted molar refractivity (Wildman–Crippen MR) is 125 cm³/mol. The fourth-order valence-corrected chi connectivity index (χ4v) is 3.51. The molecule has 0 aliphatic carbocycles. The van der Waals surface area contributed by atoms with E-state index >= 15 is 0 Å². The molecule has 0 bridgehead atoms. The molecule has 2 heterocycles. The van der Waals surface area contributed by atoms with Gasteiger partial charge in [0.1, 0.15) is 11.3 Å². The summed E-state index contributed by atoms with van der Waals surface area (Å²) in [5.41, 5.74) is 3.45. The number of hydrogen-bond acceptors (Lipinski definition) is 6. The normalized spacial score (nSPS) is 10.8. The van der Waals surface area contributed by atoms with Crippen LogP contribution in [0, 0.1) is 0 Å². The van der Waals surface area contributed by atoms with E-state index in [1.807, 2.05) is 36.4 Å². The molecular formula is C26H20N2O5. The summed E-state index contributed by atoms with van der Waals surface area (Å²) in [5, 5.41) is 2.85. The van der Waals surface area contributed by atoms with Crippen LogP contribution in [0.2, 0.25) is 0 Å². The van der Waals surface area contributed by atoms with Gasteiger partial charge in [-0.25, -0.2) is 4.98 Å². The molecule has 7 heteroatoms. The summed E-state index contributed by atoms with van der Waals surface area (Å²) in [6.45, 7) is 0. The zero-order chi connectivity index (χ0) is 22.8. The van der Waals surface area contributed by atoms with Crippen LogP contribution < -0.4 is 14.8 Å². The van der Waals surface area contributed by atoms with Gasteiger partial charge < -0.3 is 23.6 Å². The first-order chi connectivity index (χ1) is 16.1. The van der Waals surface area contributed by atoms with Crippen LogP contribution in [-0.2, 0) is 0 Å². The highest BCUT2D eigenvalue weighted by Crippen LogP contribution is 2.33. The molecule has 0 spiro atoms. The van der Waals surface area contributed by atoms with Crippen molar-refractivity contribution in [2.45, 2.75) is 0 Å². The number of carbonyl (C=O) groups is 1. The molecule has 0 saturated carbocycles. The van der Waals surface area contributed by atoms with Crippen molar-refractivity contribution in [2.75, 3.05) is 19.5 Å². The molecule has 0 unspecified atom stereocenters. The third-order valence-electron chi connectivity index (χ3n) is 5.16. The molecule has 164 valence electrons. The van der Waals surface area contributed by atoms with Crippen LogP contribution in [0.1, 0.15) is 10.6 Å². The maximum Gasteiger partial charge on any atom is 0.291 e. The molecule has 5 aromatic rings. The van der Waals surface area contributed by atoms with Gasteiger partial charge in [0.25, 0.3) is 5.91 Å². The molecule has 1 N–H and O–H groups in total. The number of benzene rings is 3. The molecular weight excluding hydrogens is 420 g/mol. The molecule has 7 nitrogen and oxygen atoms in total. The quantitative estimate of drug-likeness (QED) is 0.347. The number of carbonyl (C=O) groups excluding carboxylic acids is 1. The maximum absolute atomic E-state index is 12.7. The molecule has 3 aromatic carbocycles. The monoisotopic (exact) mass is 440 g/mol. The summed E-state index contributed by atoms with van der Waals surface area (Å²) in [6, 6.07) is 23.8. The van der Waals surface area contributed by atoms with Gasteiger partial charge in [0, 0.05) is 16.8 Å². The van der Waals surface area contributed by atoms with Gasteiger partial charge in [-0.15, -0.1) is 0 Å².